The Morgan fingerprint density at radius 1 is 1.45 bits per heavy atom. The third kappa shape index (κ3) is 2.71. The van der Waals surface area contributed by atoms with Gasteiger partial charge < -0.3 is 4.74 Å². The van der Waals surface area contributed by atoms with Crippen LogP contribution in [0.15, 0.2) is 34.4 Å². The predicted octanol–water partition coefficient (Wildman–Crippen LogP) is 4.78. The van der Waals surface area contributed by atoms with Crippen LogP contribution in [-0.2, 0) is 12.5 Å². The molecule has 0 aliphatic heterocycles. The van der Waals surface area contributed by atoms with Crippen LogP contribution in [-0.4, -0.2) is 9.38 Å². The van der Waals surface area contributed by atoms with E-state index < -0.39 is 0 Å². The number of alkyl halides is 1. The number of hydrogen-bond acceptors (Lipinski definition) is 3. The van der Waals surface area contributed by atoms with Crippen molar-refractivity contribution in [2.24, 2.45) is 0 Å². The maximum Gasteiger partial charge on any atom is 0.193 e. The van der Waals surface area contributed by atoms with E-state index in [-0.39, 0.29) is 0 Å². The largest absolute Gasteiger partial charge is 0.487 e. The van der Waals surface area contributed by atoms with Crippen molar-refractivity contribution in [1.82, 2.24) is 9.38 Å². The van der Waals surface area contributed by atoms with Gasteiger partial charge in [-0.15, -0.1) is 22.9 Å². The minimum Gasteiger partial charge on any atom is -0.487 e. The minimum absolute atomic E-state index is 0.424. The molecule has 6 heteroatoms. The van der Waals surface area contributed by atoms with E-state index in [0.29, 0.717) is 12.5 Å². The van der Waals surface area contributed by atoms with Crippen molar-refractivity contribution in [3.05, 3.63) is 51.2 Å². The molecule has 3 nitrogen and oxygen atoms in total. The van der Waals surface area contributed by atoms with Gasteiger partial charge in [0.05, 0.1) is 11.6 Å². The first kappa shape index (κ1) is 13.9. The summed E-state index contributed by atoms with van der Waals surface area (Å²) in [7, 11) is 0. The van der Waals surface area contributed by atoms with Crippen LogP contribution in [0.3, 0.4) is 0 Å². The first-order chi connectivity index (χ1) is 9.67. The normalized spacial score (nSPS) is 11.2. The molecule has 2 heterocycles. The molecule has 2 aromatic heterocycles. The molecule has 0 aliphatic carbocycles. The topological polar surface area (TPSA) is 26.5 Å². The molecule has 1 aromatic carbocycles. The molecular weight excluding hydrogens is 360 g/mol. The van der Waals surface area contributed by atoms with E-state index in [1.807, 2.05) is 41.2 Å². The highest BCUT2D eigenvalue weighted by Gasteiger charge is 2.10. The number of nitrogens with zero attached hydrogens (tertiary/aromatic N) is 2. The van der Waals surface area contributed by atoms with Gasteiger partial charge in [-0.25, -0.2) is 4.98 Å². The van der Waals surface area contributed by atoms with Gasteiger partial charge in [0.1, 0.15) is 12.4 Å². The van der Waals surface area contributed by atoms with Gasteiger partial charge in [-0.1, -0.05) is 15.9 Å². The van der Waals surface area contributed by atoms with Gasteiger partial charge in [-0.3, -0.25) is 4.40 Å². The van der Waals surface area contributed by atoms with Crippen LogP contribution in [0.25, 0.3) is 4.96 Å². The van der Waals surface area contributed by atoms with Crippen molar-refractivity contribution in [2.75, 3.05) is 0 Å². The SMILES string of the molecule is Cc1cc(Br)cc(CCl)c1OCc1cn2ccsc2n1. The van der Waals surface area contributed by atoms with Crippen LogP contribution in [0.1, 0.15) is 16.8 Å². The number of ether oxygens (including phenoxy) is 1. The Bertz CT molecular complexity index is 724. The Morgan fingerprint density at radius 2 is 2.30 bits per heavy atom. The molecule has 0 spiro atoms. The van der Waals surface area contributed by atoms with Crippen LogP contribution in [0, 0.1) is 6.92 Å². The molecule has 0 unspecified atom stereocenters. The van der Waals surface area contributed by atoms with Crippen LogP contribution in [0.2, 0.25) is 0 Å². The fourth-order valence-electron chi connectivity index (χ4n) is 2.10. The van der Waals surface area contributed by atoms with Crippen molar-refractivity contribution >= 4 is 43.8 Å². The zero-order chi connectivity index (χ0) is 14.1. The lowest BCUT2D eigenvalue weighted by Crippen LogP contribution is -2.00. The van der Waals surface area contributed by atoms with Gasteiger partial charge in [0.15, 0.2) is 4.96 Å². The highest BCUT2D eigenvalue weighted by atomic mass is 79.9. The average molecular weight is 372 g/mol. The number of aromatic nitrogens is 2. The second-order valence-corrected chi connectivity index (χ2v) is 6.51. The molecule has 0 radical (unpaired) electrons. The van der Waals surface area contributed by atoms with E-state index in [0.717, 1.165) is 32.0 Å². The van der Waals surface area contributed by atoms with Crippen molar-refractivity contribution in [3.63, 3.8) is 0 Å². The van der Waals surface area contributed by atoms with E-state index in [9.17, 15) is 0 Å². The van der Waals surface area contributed by atoms with Crippen molar-refractivity contribution in [1.29, 1.82) is 0 Å². The highest BCUT2D eigenvalue weighted by Crippen LogP contribution is 2.30. The summed E-state index contributed by atoms with van der Waals surface area (Å²) in [5.74, 6) is 1.27. The second-order valence-electron chi connectivity index (χ2n) is 4.46. The van der Waals surface area contributed by atoms with Gasteiger partial charge in [-0.2, -0.15) is 0 Å². The number of rotatable bonds is 4. The Morgan fingerprint density at radius 3 is 3.05 bits per heavy atom. The zero-order valence-corrected chi connectivity index (χ0v) is 13.9. The molecule has 0 saturated heterocycles. The molecule has 0 atom stereocenters. The minimum atomic E-state index is 0.424. The molecule has 3 rings (SSSR count). The van der Waals surface area contributed by atoms with Crippen LogP contribution < -0.4 is 4.74 Å². The Labute approximate surface area is 134 Å². The summed E-state index contributed by atoms with van der Waals surface area (Å²) in [4.78, 5) is 5.49. The number of fused-ring (bicyclic) bond motifs is 1. The number of thiazole rings is 1. The lowest BCUT2D eigenvalue weighted by atomic mass is 10.1. The molecule has 0 bridgehead atoms. The van der Waals surface area contributed by atoms with Crippen LogP contribution in [0.5, 0.6) is 5.75 Å². The summed E-state index contributed by atoms with van der Waals surface area (Å²) in [6.07, 6.45) is 3.98. The standard InChI is InChI=1S/C14H12BrClN2OS/c1-9-4-11(15)5-10(6-16)13(9)19-8-12-7-18-2-3-20-14(18)17-12/h2-5,7H,6,8H2,1H3. The summed E-state index contributed by atoms with van der Waals surface area (Å²) >= 11 is 11.1. The van der Waals surface area contributed by atoms with Crippen molar-refractivity contribution < 1.29 is 4.74 Å². The van der Waals surface area contributed by atoms with E-state index in [1.54, 1.807) is 11.3 Å². The maximum atomic E-state index is 5.99. The third-order valence-corrected chi connectivity index (χ3v) is 4.48. The quantitative estimate of drug-likeness (QED) is 0.617. The Hall–Kier alpha value is -1.04. The summed E-state index contributed by atoms with van der Waals surface area (Å²) in [6, 6.07) is 4.01. The fraction of sp³-hybridized carbons (Fsp3) is 0.214. The van der Waals surface area contributed by atoms with Crippen LogP contribution >= 0.6 is 38.9 Å². The zero-order valence-electron chi connectivity index (χ0n) is 10.8. The van der Waals surface area contributed by atoms with Gasteiger partial charge >= 0.3 is 0 Å². The number of imidazole rings is 1. The maximum absolute atomic E-state index is 5.99. The summed E-state index contributed by atoms with van der Waals surface area (Å²) < 4.78 is 8.94. The molecule has 0 amide bonds. The van der Waals surface area contributed by atoms with Crippen molar-refractivity contribution in [3.8, 4) is 5.75 Å². The van der Waals surface area contributed by atoms with E-state index in [4.69, 9.17) is 16.3 Å². The van der Waals surface area contributed by atoms with E-state index >= 15 is 0 Å². The Balaban J connectivity index is 1.82. The van der Waals surface area contributed by atoms with Crippen LogP contribution in [0.4, 0.5) is 0 Å². The number of benzene rings is 1. The first-order valence-corrected chi connectivity index (χ1v) is 8.27. The molecule has 0 fully saturated rings. The smallest absolute Gasteiger partial charge is 0.193 e. The van der Waals surface area contributed by atoms with E-state index in [2.05, 4.69) is 20.9 Å². The molecule has 3 aromatic rings. The number of aryl methyl sites for hydroxylation is 1. The molecular formula is C14H12BrClN2OS. The molecule has 0 aliphatic rings. The first-order valence-electron chi connectivity index (χ1n) is 6.06. The number of hydrogen-bond donors (Lipinski definition) is 0. The molecule has 0 saturated carbocycles. The Kier molecular flexibility index (Phi) is 4.01. The highest BCUT2D eigenvalue weighted by molar-refractivity contribution is 9.10. The van der Waals surface area contributed by atoms with Gasteiger partial charge in [0, 0.05) is 27.8 Å². The summed E-state index contributed by atoms with van der Waals surface area (Å²) in [5, 5.41) is 2.01. The van der Waals surface area contributed by atoms with Crippen molar-refractivity contribution in [2.45, 2.75) is 19.4 Å². The molecule has 104 valence electrons. The monoisotopic (exact) mass is 370 g/mol. The predicted molar refractivity (Wildman–Crippen MR) is 85.8 cm³/mol. The second kappa shape index (κ2) is 5.76. The molecule has 20 heavy (non-hydrogen) atoms. The average Bonchev–Trinajstić information content (AvgIpc) is 2.97. The summed E-state index contributed by atoms with van der Waals surface area (Å²) in [6.45, 7) is 2.46. The lowest BCUT2D eigenvalue weighted by molar-refractivity contribution is 0.297. The summed E-state index contributed by atoms with van der Waals surface area (Å²) in [5.41, 5.74) is 2.97. The number of halogens is 2. The van der Waals surface area contributed by atoms with Gasteiger partial charge in [-0.05, 0) is 24.6 Å². The third-order valence-electron chi connectivity index (χ3n) is 2.97. The molecule has 0 N–H and O–H groups in total. The van der Waals surface area contributed by atoms with Gasteiger partial charge in [0.25, 0.3) is 0 Å². The van der Waals surface area contributed by atoms with Gasteiger partial charge in [0.2, 0.25) is 0 Å². The van der Waals surface area contributed by atoms with E-state index in [1.165, 1.54) is 0 Å². The fourth-order valence-corrected chi connectivity index (χ4v) is 3.63. The lowest BCUT2D eigenvalue weighted by Gasteiger charge is -2.12.